The van der Waals surface area contributed by atoms with Gasteiger partial charge in [0, 0.05) is 5.02 Å². The lowest BCUT2D eigenvalue weighted by molar-refractivity contribution is -0.145. The van der Waals surface area contributed by atoms with Crippen LogP contribution in [0.3, 0.4) is 0 Å². The van der Waals surface area contributed by atoms with Gasteiger partial charge in [-0.15, -0.1) is 0 Å². The first kappa shape index (κ1) is 13.0. The summed E-state index contributed by atoms with van der Waals surface area (Å²) in [7, 11) is 0. The highest BCUT2D eigenvalue weighted by molar-refractivity contribution is 6.30. The highest BCUT2D eigenvalue weighted by Crippen LogP contribution is 2.13. The molecular formula is C12H15ClO3. The second-order valence-electron chi connectivity index (χ2n) is 3.50. The van der Waals surface area contributed by atoms with Crippen LogP contribution in [0.15, 0.2) is 24.3 Å². The molecule has 0 saturated heterocycles. The Morgan fingerprint density at radius 2 is 2.31 bits per heavy atom. The number of carbonyl (C=O) groups is 1. The Morgan fingerprint density at radius 1 is 1.56 bits per heavy atom. The van der Waals surface area contributed by atoms with Crippen LogP contribution in [-0.4, -0.2) is 23.8 Å². The fourth-order valence-electron chi connectivity index (χ4n) is 1.42. The van der Waals surface area contributed by atoms with Crippen molar-refractivity contribution in [2.24, 2.45) is 0 Å². The van der Waals surface area contributed by atoms with Gasteiger partial charge in [0.05, 0.1) is 19.1 Å². The number of ether oxygens (including phenoxy) is 1. The molecule has 0 bridgehead atoms. The van der Waals surface area contributed by atoms with Crippen molar-refractivity contribution in [3.63, 3.8) is 0 Å². The molecule has 0 amide bonds. The van der Waals surface area contributed by atoms with Crippen molar-refractivity contribution in [1.29, 1.82) is 0 Å². The zero-order valence-corrected chi connectivity index (χ0v) is 9.91. The minimum atomic E-state index is -0.725. The summed E-state index contributed by atoms with van der Waals surface area (Å²) >= 11 is 5.81. The molecule has 0 aromatic heterocycles. The molecule has 0 unspecified atom stereocenters. The number of aliphatic hydroxyl groups excluding tert-OH is 1. The van der Waals surface area contributed by atoms with Gasteiger partial charge in [-0.2, -0.15) is 0 Å². The fourth-order valence-corrected chi connectivity index (χ4v) is 1.63. The molecule has 4 heteroatoms. The lowest BCUT2D eigenvalue weighted by Gasteiger charge is -2.09. The minimum Gasteiger partial charge on any atom is -0.466 e. The van der Waals surface area contributed by atoms with Crippen LogP contribution in [-0.2, 0) is 16.0 Å². The quantitative estimate of drug-likeness (QED) is 0.806. The SMILES string of the molecule is CCOC(=O)C[C@H](O)Cc1cccc(Cl)c1. The summed E-state index contributed by atoms with van der Waals surface area (Å²) in [4.78, 5) is 11.1. The van der Waals surface area contributed by atoms with Gasteiger partial charge in [0.15, 0.2) is 0 Å². The molecule has 0 heterocycles. The molecule has 0 aliphatic carbocycles. The number of benzene rings is 1. The maximum Gasteiger partial charge on any atom is 0.308 e. The molecule has 88 valence electrons. The van der Waals surface area contributed by atoms with Crippen molar-refractivity contribution in [1.82, 2.24) is 0 Å². The van der Waals surface area contributed by atoms with Crippen LogP contribution >= 0.6 is 11.6 Å². The fraction of sp³-hybridized carbons (Fsp3) is 0.417. The summed E-state index contributed by atoms with van der Waals surface area (Å²) in [6.07, 6.45) is -0.308. The number of hydrogen-bond donors (Lipinski definition) is 1. The molecule has 0 radical (unpaired) electrons. The van der Waals surface area contributed by atoms with E-state index in [1.165, 1.54) is 0 Å². The van der Waals surface area contributed by atoms with Gasteiger partial charge < -0.3 is 9.84 Å². The van der Waals surface area contributed by atoms with Gasteiger partial charge in [-0.25, -0.2) is 0 Å². The van der Waals surface area contributed by atoms with Crippen molar-refractivity contribution in [3.05, 3.63) is 34.9 Å². The molecule has 1 aromatic rings. The van der Waals surface area contributed by atoms with Crippen LogP contribution < -0.4 is 0 Å². The Morgan fingerprint density at radius 3 is 2.94 bits per heavy atom. The number of hydrogen-bond acceptors (Lipinski definition) is 3. The molecule has 0 spiro atoms. The molecule has 1 N–H and O–H groups in total. The van der Waals surface area contributed by atoms with Crippen LogP contribution in [0, 0.1) is 0 Å². The lowest BCUT2D eigenvalue weighted by Crippen LogP contribution is -2.18. The highest BCUT2D eigenvalue weighted by atomic mass is 35.5. The molecule has 3 nitrogen and oxygen atoms in total. The second-order valence-corrected chi connectivity index (χ2v) is 3.93. The molecule has 0 saturated carbocycles. The van der Waals surface area contributed by atoms with Crippen molar-refractivity contribution in [2.75, 3.05) is 6.61 Å². The molecule has 0 fully saturated rings. The summed E-state index contributed by atoms with van der Waals surface area (Å²) in [6, 6.07) is 7.22. The third-order valence-electron chi connectivity index (χ3n) is 2.07. The Balaban J connectivity index is 2.45. The standard InChI is InChI=1S/C12H15ClO3/c1-2-16-12(15)8-11(14)7-9-4-3-5-10(13)6-9/h3-6,11,14H,2,7-8H2,1H3/t11-/m1/s1. The molecule has 0 aliphatic heterocycles. The molecule has 0 aliphatic rings. The minimum absolute atomic E-state index is 0.0142. The van der Waals surface area contributed by atoms with E-state index in [-0.39, 0.29) is 12.4 Å². The van der Waals surface area contributed by atoms with E-state index in [0.29, 0.717) is 18.1 Å². The first-order chi connectivity index (χ1) is 7.61. The smallest absolute Gasteiger partial charge is 0.308 e. The van der Waals surface area contributed by atoms with Crippen molar-refractivity contribution in [2.45, 2.75) is 25.9 Å². The average molecular weight is 243 g/mol. The lowest BCUT2D eigenvalue weighted by atomic mass is 10.1. The molecule has 1 rings (SSSR count). The molecule has 1 atom stereocenters. The zero-order chi connectivity index (χ0) is 12.0. The van der Waals surface area contributed by atoms with Gasteiger partial charge in [-0.05, 0) is 31.0 Å². The van der Waals surface area contributed by atoms with E-state index < -0.39 is 6.10 Å². The third-order valence-corrected chi connectivity index (χ3v) is 2.30. The Kier molecular flexibility index (Phi) is 5.29. The largest absolute Gasteiger partial charge is 0.466 e. The summed E-state index contributed by atoms with van der Waals surface area (Å²) < 4.78 is 4.75. The van der Waals surface area contributed by atoms with Crippen LogP contribution in [0.4, 0.5) is 0 Å². The Bertz CT molecular complexity index is 352. The predicted molar refractivity (Wildman–Crippen MR) is 62.4 cm³/mol. The van der Waals surface area contributed by atoms with Crippen LogP contribution in [0.1, 0.15) is 18.9 Å². The summed E-state index contributed by atoms with van der Waals surface area (Å²) in [6.45, 7) is 2.07. The zero-order valence-electron chi connectivity index (χ0n) is 9.15. The van der Waals surface area contributed by atoms with Gasteiger partial charge in [-0.3, -0.25) is 4.79 Å². The second kappa shape index (κ2) is 6.51. The van der Waals surface area contributed by atoms with E-state index in [2.05, 4.69) is 0 Å². The number of carbonyl (C=O) groups excluding carboxylic acids is 1. The molecule has 16 heavy (non-hydrogen) atoms. The predicted octanol–water partition coefficient (Wildman–Crippen LogP) is 2.20. The Labute approximate surface area is 100.0 Å². The summed E-state index contributed by atoms with van der Waals surface area (Å²) in [5, 5.41) is 10.3. The van der Waals surface area contributed by atoms with Crippen molar-refractivity contribution in [3.8, 4) is 0 Å². The number of esters is 1. The van der Waals surface area contributed by atoms with Gasteiger partial charge in [0.2, 0.25) is 0 Å². The first-order valence-electron chi connectivity index (χ1n) is 5.20. The summed E-state index contributed by atoms with van der Waals surface area (Å²) in [5.41, 5.74) is 0.907. The molecular weight excluding hydrogens is 228 g/mol. The van der Waals surface area contributed by atoms with Crippen LogP contribution in [0.25, 0.3) is 0 Å². The van der Waals surface area contributed by atoms with Crippen LogP contribution in [0.5, 0.6) is 0 Å². The van der Waals surface area contributed by atoms with E-state index in [0.717, 1.165) is 5.56 Å². The first-order valence-corrected chi connectivity index (χ1v) is 5.57. The number of halogens is 1. The summed E-state index contributed by atoms with van der Waals surface area (Å²) in [5.74, 6) is -0.378. The van der Waals surface area contributed by atoms with E-state index in [1.54, 1.807) is 19.1 Å². The number of aliphatic hydroxyl groups is 1. The van der Waals surface area contributed by atoms with Gasteiger partial charge in [-0.1, -0.05) is 23.7 Å². The van der Waals surface area contributed by atoms with E-state index >= 15 is 0 Å². The maximum atomic E-state index is 11.1. The van der Waals surface area contributed by atoms with Crippen molar-refractivity contribution >= 4 is 17.6 Å². The topological polar surface area (TPSA) is 46.5 Å². The van der Waals surface area contributed by atoms with Gasteiger partial charge >= 0.3 is 5.97 Å². The number of rotatable bonds is 5. The van der Waals surface area contributed by atoms with E-state index in [9.17, 15) is 9.90 Å². The van der Waals surface area contributed by atoms with Gasteiger partial charge in [0.1, 0.15) is 0 Å². The molecule has 1 aromatic carbocycles. The van der Waals surface area contributed by atoms with Crippen LogP contribution in [0.2, 0.25) is 5.02 Å². The third kappa shape index (κ3) is 4.64. The highest BCUT2D eigenvalue weighted by Gasteiger charge is 2.12. The van der Waals surface area contributed by atoms with E-state index in [4.69, 9.17) is 16.3 Å². The van der Waals surface area contributed by atoms with Gasteiger partial charge in [0.25, 0.3) is 0 Å². The monoisotopic (exact) mass is 242 g/mol. The van der Waals surface area contributed by atoms with E-state index in [1.807, 2.05) is 12.1 Å². The van der Waals surface area contributed by atoms with Crippen molar-refractivity contribution < 1.29 is 14.6 Å². The average Bonchev–Trinajstić information content (AvgIpc) is 2.17. The Hall–Kier alpha value is -1.06. The normalized spacial score (nSPS) is 12.2. The maximum absolute atomic E-state index is 11.1.